The van der Waals surface area contributed by atoms with E-state index in [1.54, 1.807) is 48.7 Å². The number of aromatic nitrogens is 3. The lowest BCUT2D eigenvalue weighted by Gasteiger charge is -2.10. The topological polar surface area (TPSA) is 137 Å². The molecule has 2 aromatic heterocycles. The van der Waals surface area contributed by atoms with Crippen molar-refractivity contribution in [2.75, 3.05) is 10.6 Å². The molecule has 0 saturated carbocycles. The molecule has 0 unspecified atom stereocenters. The van der Waals surface area contributed by atoms with Gasteiger partial charge in [0.25, 0.3) is 5.56 Å². The van der Waals surface area contributed by atoms with Crippen LogP contribution in [-0.2, 0) is 6.42 Å². The molecule has 2 heterocycles. The zero-order valence-corrected chi connectivity index (χ0v) is 16.1. The van der Waals surface area contributed by atoms with Crippen LogP contribution >= 0.6 is 0 Å². The quantitative estimate of drug-likeness (QED) is 0.395. The number of pyridine rings is 1. The molecular weight excluding hydrogens is 398 g/mol. The number of rotatable bonds is 5. The molecular formula is C22H17N5O4. The molecule has 31 heavy (non-hydrogen) atoms. The Morgan fingerprint density at radius 3 is 2.45 bits per heavy atom. The van der Waals surface area contributed by atoms with Crippen molar-refractivity contribution >= 4 is 34.1 Å². The highest BCUT2D eigenvalue weighted by Crippen LogP contribution is 2.21. The third-order valence-corrected chi connectivity index (χ3v) is 4.62. The molecule has 0 aliphatic rings. The Balaban J connectivity index is 1.57. The van der Waals surface area contributed by atoms with Crippen LogP contribution in [0.5, 0.6) is 0 Å². The van der Waals surface area contributed by atoms with Crippen LogP contribution in [0.15, 0.2) is 71.8 Å². The van der Waals surface area contributed by atoms with Crippen LogP contribution in [0.3, 0.4) is 0 Å². The minimum absolute atomic E-state index is 0.198. The normalized spacial score (nSPS) is 10.6. The van der Waals surface area contributed by atoms with E-state index in [4.69, 9.17) is 5.11 Å². The van der Waals surface area contributed by atoms with E-state index in [0.29, 0.717) is 34.3 Å². The van der Waals surface area contributed by atoms with Gasteiger partial charge in [0.15, 0.2) is 0 Å². The number of H-pyrrole nitrogens is 1. The van der Waals surface area contributed by atoms with Gasteiger partial charge in [-0.05, 0) is 42.0 Å². The van der Waals surface area contributed by atoms with Crippen LogP contribution in [0.1, 0.15) is 21.6 Å². The monoisotopic (exact) mass is 415 g/mol. The van der Waals surface area contributed by atoms with Gasteiger partial charge in [-0.1, -0.05) is 18.2 Å². The predicted molar refractivity (Wildman–Crippen MR) is 115 cm³/mol. The predicted octanol–water partition coefficient (Wildman–Crippen LogP) is 3.25. The van der Waals surface area contributed by atoms with Crippen LogP contribution in [0.25, 0.3) is 10.8 Å². The average Bonchev–Trinajstić information content (AvgIpc) is 2.77. The van der Waals surface area contributed by atoms with Gasteiger partial charge < -0.3 is 15.7 Å². The Labute approximate surface area is 175 Å². The summed E-state index contributed by atoms with van der Waals surface area (Å²) < 4.78 is 0. The summed E-state index contributed by atoms with van der Waals surface area (Å²) in [7, 11) is 0. The first kappa shape index (κ1) is 19.8. The van der Waals surface area contributed by atoms with Gasteiger partial charge in [0, 0.05) is 23.7 Å². The lowest BCUT2D eigenvalue weighted by Crippen LogP contribution is -2.20. The lowest BCUT2D eigenvalue weighted by atomic mass is 10.0. The number of hydrogen-bond donors (Lipinski definition) is 4. The summed E-state index contributed by atoms with van der Waals surface area (Å²) >= 11 is 0. The summed E-state index contributed by atoms with van der Waals surface area (Å²) in [4.78, 5) is 39.4. The van der Waals surface area contributed by atoms with Gasteiger partial charge >= 0.3 is 12.0 Å². The molecule has 9 nitrogen and oxygen atoms in total. The molecule has 0 aliphatic carbocycles. The van der Waals surface area contributed by atoms with E-state index in [0.717, 1.165) is 5.56 Å². The van der Waals surface area contributed by atoms with Crippen LogP contribution in [0, 0.1) is 0 Å². The molecule has 4 N–H and O–H groups in total. The summed E-state index contributed by atoms with van der Waals surface area (Å²) in [5.41, 5.74) is 2.29. The summed E-state index contributed by atoms with van der Waals surface area (Å²) in [5.74, 6) is -0.994. The molecule has 0 atom stereocenters. The molecule has 4 aromatic rings. The molecule has 0 fully saturated rings. The molecule has 0 spiro atoms. The highest BCUT2D eigenvalue weighted by molar-refractivity contribution is 6.01. The second-order valence-electron chi connectivity index (χ2n) is 6.76. The number of aromatic carboxylic acids is 1. The van der Waals surface area contributed by atoms with E-state index in [1.807, 2.05) is 0 Å². The largest absolute Gasteiger partial charge is 0.478 e. The Morgan fingerprint density at radius 2 is 1.74 bits per heavy atom. The van der Waals surface area contributed by atoms with Crippen molar-refractivity contribution in [1.82, 2.24) is 15.2 Å². The van der Waals surface area contributed by atoms with Gasteiger partial charge in [0.05, 0.1) is 28.5 Å². The fourth-order valence-corrected chi connectivity index (χ4v) is 3.12. The highest BCUT2D eigenvalue weighted by Gasteiger charge is 2.11. The molecule has 0 aliphatic heterocycles. The minimum Gasteiger partial charge on any atom is -0.478 e. The van der Waals surface area contributed by atoms with Crippen LogP contribution in [0.4, 0.5) is 16.2 Å². The minimum atomic E-state index is -0.994. The number of nitrogens with one attached hydrogen (secondary N) is 3. The van der Waals surface area contributed by atoms with E-state index in [-0.39, 0.29) is 11.1 Å². The fourth-order valence-electron chi connectivity index (χ4n) is 3.12. The first-order valence-corrected chi connectivity index (χ1v) is 9.31. The molecule has 0 radical (unpaired) electrons. The third-order valence-electron chi connectivity index (χ3n) is 4.62. The first-order chi connectivity index (χ1) is 15.0. The molecule has 0 saturated heterocycles. The van der Waals surface area contributed by atoms with Crippen LogP contribution in [-0.4, -0.2) is 32.3 Å². The van der Waals surface area contributed by atoms with Gasteiger partial charge in [-0.2, -0.15) is 5.10 Å². The van der Waals surface area contributed by atoms with Crippen molar-refractivity contribution < 1.29 is 14.7 Å². The van der Waals surface area contributed by atoms with Crippen molar-refractivity contribution in [2.45, 2.75) is 6.42 Å². The van der Waals surface area contributed by atoms with Crippen molar-refractivity contribution in [3.63, 3.8) is 0 Å². The van der Waals surface area contributed by atoms with Crippen molar-refractivity contribution in [3.05, 3.63) is 94.2 Å². The number of nitrogens with zero attached hydrogens (tertiary/aromatic N) is 2. The lowest BCUT2D eigenvalue weighted by molar-refractivity contribution is 0.0697. The number of carbonyl (C=O) groups is 2. The number of carboxylic acid groups (broad SMARTS) is 1. The average molecular weight is 415 g/mol. The van der Waals surface area contributed by atoms with Crippen molar-refractivity contribution in [1.29, 1.82) is 0 Å². The first-order valence-electron chi connectivity index (χ1n) is 9.31. The number of carboxylic acids is 1. The van der Waals surface area contributed by atoms with Gasteiger partial charge in [-0.25, -0.2) is 14.7 Å². The number of hydrogen-bond acceptors (Lipinski definition) is 5. The maximum absolute atomic E-state index is 12.3. The fraction of sp³-hybridized carbons (Fsp3) is 0.0455. The maximum atomic E-state index is 12.3. The Bertz CT molecular complexity index is 1320. The number of benzene rings is 2. The molecule has 9 heteroatoms. The van der Waals surface area contributed by atoms with E-state index in [1.165, 1.54) is 18.3 Å². The molecule has 4 rings (SSSR count). The number of carbonyl (C=O) groups excluding carboxylic acids is 1. The van der Waals surface area contributed by atoms with Gasteiger partial charge in [0.1, 0.15) is 0 Å². The van der Waals surface area contributed by atoms with Crippen molar-refractivity contribution in [2.24, 2.45) is 0 Å². The van der Waals surface area contributed by atoms with Gasteiger partial charge in [-0.3, -0.25) is 9.78 Å². The number of urea groups is 1. The molecule has 2 aromatic carbocycles. The SMILES string of the molecule is O=C(Nc1cccnc1)Nc1ccc2c(Cc3ccc(C(=O)O)cc3)n[nH]c(=O)c2c1. The summed E-state index contributed by atoms with van der Waals surface area (Å²) in [6.45, 7) is 0. The maximum Gasteiger partial charge on any atom is 0.335 e. The Hall–Kier alpha value is -4.53. The molecule has 154 valence electrons. The van der Waals surface area contributed by atoms with Crippen LogP contribution in [0.2, 0.25) is 0 Å². The van der Waals surface area contributed by atoms with E-state index >= 15 is 0 Å². The van der Waals surface area contributed by atoms with Gasteiger partial charge in [-0.15, -0.1) is 0 Å². The second-order valence-corrected chi connectivity index (χ2v) is 6.76. The number of fused-ring (bicyclic) bond motifs is 1. The van der Waals surface area contributed by atoms with E-state index in [9.17, 15) is 14.4 Å². The highest BCUT2D eigenvalue weighted by atomic mass is 16.4. The standard InChI is InChI=1S/C22H17N5O4/c28-20-18-11-15(24-22(31)25-16-2-1-9-23-12-16)7-8-17(18)19(26-27-20)10-13-3-5-14(6-4-13)21(29)30/h1-9,11-12H,10H2,(H,27,28)(H,29,30)(H2,24,25,31). The molecule has 2 amide bonds. The third kappa shape index (κ3) is 4.56. The smallest absolute Gasteiger partial charge is 0.335 e. The number of aromatic amines is 1. The second kappa shape index (κ2) is 8.46. The zero-order chi connectivity index (χ0) is 21.8. The zero-order valence-electron chi connectivity index (χ0n) is 16.1. The van der Waals surface area contributed by atoms with Gasteiger partial charge in [0.2, 0.25) is 0 Å². The number of anilines is 2. The summed E-state index contributed by atoms with van der Waals surface area (Å²) in [5, 5.41) is 22.0. The molecule has 0 bridgehead atoms. The van der Waals surface area contributed by atoms with Crippen molar-refractivity contribution in [3.8, 4) is 0 Å². The van der Waals surface area contributed by atoms with E-state index < -0.39 is 12.0 Å². The Kier molecular flexibility index (Phi) is 5.39. The number of amides is 2. The summed E-state index contributed by atoms with van der Waals surface area (Å²) in [6.07, 6.45) is 3.53. The van der Waals surface area contributed by atoms with Crippen LogP contribution < -0.4 is 16.2 Å². The Morgan fingerprint density at radius 1 is 0.968 bits per heavy atom. The summed E-state index contributed by atoms with van der Waals surface area (Å²) in [6, 6.07) is 14.4. The van der Waals surface area contributed by atoms with E-state index in [2.05, 4.69) is 25.8 Å².